The minimum Gasteiger partial charge on any atom is -0.311 e. The predicted octanol–water partition coefficient (Wildman–Crippen LogP) is 4.43. The molecule has 1 N–H and O–H groups in total. The van der Waals surface area contributed by atoms with Crippen molar-refractivity contribution in [3.63, 3.8) is 0 Å². The van der Waals surface area contributed by atoms with Crippen LogP contribution in [0.1, 0.15) is 30.7 Å². The lowest BCUT2D eigenvalue weighted by Gasteiger charge is -2.20. The second kappa shape index (κ2) is 5.96. The summed E-state index contributed by atoms with van der Waals surface area (Å²) in [5, 5.41) is 4.47. The van der Waals surface area contributed by atoms with Gasteiger partial charge in [-0.3, -0.25) is 4.98 Å². The lowest BCUT2D eigenvalue weighted by atomic mass is 9.84. The van der Waals surface area contributed by atoms with E-state index >= 15 is 0 Å². The molecule has 21 heavy (non-hydrogen) atoms. The number of rotatable bonds is 2. The van der Waals surface area contributed by atoms with E-state index in [9.17, 15) is 0 Å². The molecule has 1 aromatic carbocycles. The Hall–Kier alpha value is -1.09. The summed E-state index contributed by atoms with van der Waals surface area (Å²) >= 11 is 6.08. The number of pyridine rings is 1. The SMILES string of the molecule is Cl.Clc1cccc(-c2cncc(C3CC4CCC3N4)c2)c1. The number of hydrogen-bond acceptors (Lipinski definition) is 2. The Kier molecular flexibility index (Phi) is 4.21. The fourth-order valence-corrected chi connectivity index (χ4v) is 3.87. The summed E-state index contributed by atoms with van der Waals surface area (Å²) in [6.45, 7) is 0. The number of nitrogens with one attached hydrogen (secondary N) is 1. The standard InChI is InChI=1S/C17H17ClN2.ClH/c18-14-3-1-2-11(7-14)12-6-13(10-19-9-12)16-8-15-4-5-17(16)20-15;/h1-3,6-7,9-10,15-17,20H,4-5,8H2;1H. The largest absolute Gasteiger partial charge is 0.311 e. The average Bonchev–Trinajstić information content (AvgIpc) is 3.10. The topological polar surface area (TPSA) is 24.9 Å². The van der Waals surface area contributed by atoms with E-state index in [1.54, 1.807) is 0 Å². The van der Waals surface area contributed by atoms with Crippen molar-refractivity contribution in [3.05, 3.63) is 53.3 Å². The molecule has 2 bridgehead atoms. The van der Waals surface area contributed by atoms with Gasteiger partial charge in [0.15, 0.2) is 0 Å². The molecule has 2 aromatic rings. The van der Waals surface area contributed by atoms with Crippen molar-refractivity contribution in [2.45, 2.75) is 37.3 Å². The second-order valence-corrected chi connectivity index (χ2v) is 6.34. The Morgan fingerprint density at radius 2 is 2.00 bits per heavy atom. The van der Waals surface area contributed by atoms with E-state index in [0.29, 0.717) is 12.0 Å². The third-order valence-corrected chi connectivity index (χ3v) is 4.88. The van der Waals surface area contributed by atoms with E-state index in [0.717, 1.165) is 22.2 Å². The van der Waals surface area contributed by atoms with Crippen molar-refractivity contribution >= 4 is 24.0 Å². The smallest absolute Gasteiger partial charge is 0.0412 e. The molecule has 2 aliphatic heterocycles. The van der Waals surface area contributed by atoms with E-state index < -0.39 is 0 Å². The summed E-state index contributed by atoms with van der Waals surface area (Å²) < 4.78 is 0. The molecule has 0 amide bonds. The molecule has 4 rings (SSSR count). The molecule has 0 aliphatic carbocycles. The van der Waals surface area contributed by atoms with Gasteiger partial charge in [-0.15, -0.1) is 12.4 Å². The molecule has 2 saturated heterocycles. The minimum absolute atomic E-state index is 0. The van der Waals surface area contributed by atoms with Gasteiger partial charge in [-0.25, -0.2) is 0 Å². The highest BCUT2D eigenvalue weighted by molar-refractivity contribution is 6.30. The van der Waals surface area contributed by atoms with Gasteiger partial charge in [-0.1, -0.05) is 23.7 Å². The third-order valence-electron chi connectivity index (χ3n) is 4.65. The maximum absolute atomic E-state index is 6.08. The third kappa shape index (κ3) is 2.80. The van der Waals surface area contributed by atoms with Crippen LogP contribution in [0.5, 0.6) is 0 Å². The molecule has 3 heterocycles. The quantitative estimate of drug-likeness (QED) is 0.885. The van der Waals surface area contributed by atoms with Crippen molar-refractivity contribution in [2.24, 2.45) is 0 Å². The number of halogens is 2. The first kappa shape index (κ1) is 14.8. The van der Waals surface area contributed by atoms with Crippen LogP contribution in [0, 0.1) is 0 Å². The lowest BCUT2D eigenvalue weighted by Crippen LogP contribution is -2.21. The zero-order chi connectivity index (χ0) is 13.5. The van der Waals surface area contributed by atoms with Crippen molar-refractivity contribution in [2.75, 3.05) is 0 Å². The Bertz CT molecular complexity index is 644. The van der Waals surface area contributed by atoms with Crippen molar-refractivity contribution in [1.29, 1.82) is 0 Å². The number of hydrogen-bond donors (Lipinski definition) is 1. The fraction of sp³-hybridized carbons (Fsp3) is 0.353. The zero-order valence-corrected chi connectivity index (χ0v) is 13.2. The Labute approximate surface area is 136 Å². The maximum atomic E-state index is 6.08. The first-order chi connectivity index (χ1) is 9.79. The molecule has 2 fully saturated rings. The van der Waals surface area contributed by atoms with Crippen LogP contribution in [0.15, 0.2) is 42.7 Å². The summed E-state index contributed by atoms with van der Waals surface area (Å²) in [7, 11) is 0. The first-order valence-electron chi connectivity index (χ1n) is 7.26. The molecule has 110 valence electrons. The summed E-state index contributed by atoms with van der Waals surface area (Å²) in [5.41, 5.74) is 3.66. The first-order valence-corrected chi connectivity index (χ1v) is 7.64. The summed E-state index contributed by atoms with van der Waals surface area (Å²) in [6, 6.07) is 11.6. The Morgan fingerprint density at radius 1 is 1.10 bits per heavy atom. The van der Waals surface area contributed by atoms with Gasteiger partial charge in [-0.05, 0) is 48.6 Å². The molecule has 2 nitrogen and oxygen atoms in total. The van der Waals surface area contributed by atoms with Crippen LogP contribution in [0.2, 0.25) is 5.02 Å². The maximum Gasteiger partial charge on any atom is 0.0412 e. The van der Waals surface area contributed by atoms with Gasteiger partial charge in [0.05, 0.1) is 0 Å². The van der Waals surface area contributed by atoms with Gasteiger partial charge < -0.3 is 5.32 Å². The lowest BCUT2D eigenvalue weighted by molar-refractivity contribution is 0.505. The van der Waals surface area contributed by atoms with Crippen LogP contribution < -0.4 is 5.32 Å². The minimum atomic E-state index is 0. The van der Waals surface area contributed by atoms with Crippen LogP contribution >= 0.6 is 24.0 Å². The Morgan fingerprint density at radius 3 is 2.71 bits per heavy atom. The van der Waals surface area contributed by atoms with E-state index in [2.05, 4.69) is 22.4 Å². The predicted molar refractivity (Wildman–Crippen MR) is 89.2 cm³/mol. The van der Waals surface area contributed by atoms with Gasteiger partial charge >= 0.3 is 0 Å². The van der Waals surface area contributed by atoms with E-state index in [-0.39, 0.29) is 12.4 Å². The molecule has 1 aromatic heterocycles. The van der Waals surface area contributed by atoms with Gasteiger partial charge in [0.1, 0.15) is 0 Å². The summed E-state index contributed by atoms with van der Waals surface area (Å²) in [5.74, 6) is 0.625. The Balaban J connectivity index is 0.00000132. The number of aromatic nitrogens is 1. The highest BCUT2D eigenvalue weighted by Gasteiger charge is 2.39. The van der Waals surface area contributed by atoms with Crippen LogP contribution in [-0.4, -0.2) is 17.1 Å². The molecule has 0 radical (unpaired) electrons. The molecular weight excluding hydrogens is 303 g/mol. The van der Waals surface area contributed by atoms with Gasteiger partial charge in [0, 0.05) is 41.0 Å². The van der Waals surface area contributed by atoms with E-state index in [1.165, 1.54) is 24.8 Å². The normalized spacial score (nSPS) is 26.6. The number of benzene rings is 1. The molecule has 0 saturated carbocycles. The second-order valence-electron chi connectivity index (χ2n) is 5.91. The zero-order valence-electron chi connectivity index (χ0n) is 11.6. The van der Waals surface area contributed by atoms with E-state index in [4.69, 9.17) is 11.6 Å². The summed E-state index contributed by atoms with van der Waals surface area (Å²) in [4.78, 5) is 4.45. The molecule has 3 atom stereocenters. The molecular formula is C17H18Cl2N2. The highest BCUT2D eigenvalue weighted by atomic mass is 35.5. The van der Waals surface area contributed by atoms with Crippen LogP contribution in [-0.2, 0) is 0 Å². The molecule has 4 heteroatoms. The molecule has 0 spiro atoms. The highest BCUT2D eigenvalue weighted by Crippen LogP contribution is 2.40. The van der Waals surface area contributed by atoms with Crippen molar-refractivity contribution in [1.82, 2.24) is 10.3 Å². The van der Waals surface area contributed by atoms with Crippen molar-refractivity contribution < 1.29 is 0 Å². The summed E-state index contributed by atoms with van der Waals surface area (Å²) in [6.07, 6.45) is 7.85. The van der Waals surface area contributed by atoms with E-state index in [1.807, 2.05) is 30.6 Å². The fourth-order valence-electron chi connectivity index (χ4n) is 3.68. The average molecular weight is 321 g/mol. The van der Waals surface area contributed by atoms with Crippen molar-refractivity contribution in [3.8, 4) is 11.1 Å². The van der Waals surface area contributed by atoms with Gasteiger partial charge in [0.25, 0.3) is 0 Å². The van der Waals surface area contributed by atoms with Crippen LogP contribution in [0.3, 0.4) is 0 Å². The van der Waals surface area contributed by atoms with Crippen LogP contribution in [0.25, 0.3) is 11.1 Å². The van der Waals surface area contributed by atoms with Crippen LogP contribution in [0.4, 0.5) is 0 Å². The molecule has 3 unspecified atom stereocenters. The number of fused-ring (bicyclic) bond motifs is 2. The monoisotopic (exact) mass is 320 g/mol. The van der Waals surface area contributed by atoms with Gasteiger partial charge in [0.2, 0.25) is 0 Å². The van der Waals surface area contributed by atoms with Gasteiger partial charge in [-0.2, -0.15) is 0 Å². The molecule has 2 aliphatic rings. The number of nitrogens with zero attached hydrogens (tertiary/aromatic N) is 1.